The standard InChI is InChI=1S/C19H18BrF3N4O2/c1-10-14(20)8-12-17(25-10)26-15(27-18(12)28)6-3-7-29-16-11(9-24)4-2-5-13(16)19(21,22)23/h2,4-5,8H,3,6-7,9,24H2,1H3,(H,25,26,27,28). The first kappa shape index (κ1) is 21.3. The van der Waals surface area contributed by atoms with Crippen LogP contribution in [0.2, 0.25) is 0 Å². The van der Waals surface area contributed by atoms with Crippen LogP contribution in [0, 0.1) is 6.92 Å². The van der Waals surface area contributed by atoms with E-state index in [2.05, 4.69) is 30.9 Å². The lowest BCUT2D eigenvalue weighted by Gasteiger charge is -2.17. The third-order valence-electron chi connectivity index (χ3n) is 4.30. The summed E-state index contributed by atoms with van der Waals surface area (Å²) in [7, 11) is 0. The Hall–Kier alpha value is -2.46. The summed E-state index contributed by atoms with van der Waals surface area (Å²) in [4.78, 5) is 23.5. The molecule has 2 aromatic heterocycles. The number of aryl methyl sites for hydroxylation is 2. The second kappa shape index (κ2) is 8.50. The Kier molecular flexibility index (Phi) is 6.23. The summed E-state index contributed by atoms with van der Waals surface area (Å²) in [5.74, 6) is 0.132. The van der Waals surface area contributed by atoms with Gasteiger partial charge in [0.2, 0.25) is 0 Å². The van der Waals surface area contributed by atoms with Crippen molar-refractivity contribution in [1.82, 2.24) is 15.0 Å². The lowest BCUT2D eigenvalue weighted by molar-refractivity contribution is -0.139. The maximum absolute atomic E-state index is 13.2. The molecule has 0 saturated carbocycles. The highest BCUT2D eigenvalue weighted by atomic mass is 79.9. The maximum Gasteiger partial charge on any atom is 0.419 e. The molecule has 0 unspecified atom stereocenters. The molecule has 0 radical (unpaired) electrons. The number of pyridine rings is 1. The average Bonchev–Trinajstić information content (AvgIpc) is 2.66. The van der Waals surface area contributed by atoms with Crippen LogP contribution in [0.15, 0.2) is 33.5 Å². The number of hydrogen-bond donors (Lipinski definition) is 2. The number of nitrogens with two attached hydrogens (primary N) is 1. The number of hydrogen-bond acceptors (Lipinski definition) is 5. The van der Waals surface area contributed by atoms with Crippen LogP contribution in [0.3, 0.4) is 0 Å². The van der Waals surface area contributed by atoms with Crippen LogP contribution in [0.25, 0.3) is 11.0 Å². The van der Waals surface area contributed by atoms with Crippen molar-refractivity contribution in [3.8, 4) is 5.75 Å². The SMILES string of the molecule is Cc1nc2nc(CCCOc3c(CN)cccc3C(F)(F)F)[nH]c(=O)c2cc1Br. The molecule has 1 aromatic carbocycles. The predicted octanol–water partition coefficient (Wildman–Crippen LogP) is 3.88. The van der Waals surface area contributed by atoms with Gasteiger partial charge in [0.15, 0.2) is 5.65 Å². The molecule has 3 aromatic rings. The molecular formula is C19H18BrF3N4O2. The number of rotatable bonds is 6. The molecule has 154 valence electrons. The second-order valence-corrected chi connectivity index (χ2v) is 7.24. The Labute approximate surface area is 172 Å². The molecule has 10 heteroatoms. The molecule has 2 heterocycles. The quantitative estimate of drug-likeness (QED) is 0.533. The van der Waals surface area contributed by atoms with E-state index in [9.17, 15) is 18.0 Å². The highest BCUT2D eigenvalue weighted by Gasteiger charge is 2.35. The molecule has 3 N–H and O–H groups in total. The van der Waals surface area contributed by atoms with Gasteiger partial charge in [0.1, 0.15) is 11.6 Å². The number of halogens is 4. The van der Waals surface area contributed by atoms with Gasteiger partial charge in [-0.15, -0.1) is 0 Å². The summed E-state index contributed by atoms with van der Waals surface area (Å²) in [5, 5.41) is 0.356. The largest absolute Gasteiger partial charge is 0.493 e. The van der Waals surface area contributed by atoms with Crippen LogP contribution >= 0.6 is 15.9 Å². The summed E-state index contributed by atoms with van der Waals surface area (Å²) < 4.78 is 45.8. The normalized spacial score (nSPS) is 11.8. The van der Waals surface area contributed by atoms with E-state index < -0.39 is 11.7 Å². The van der Waals surface area contributed by atoms with Gasteiger partial charge in [0, 0.05) is 23.0 Å². The number of para-hydroxylation sites is 1. The highest BCUT2D eigenvalue weighted by molar-refractivity contribution is 9.10. The summed E-state index contributed by atoms with van der Waals surface area (Å²) in [6, 6.07) is 5.41. The van der Waals surface area contributed by atoms with Gasteiger partial charge in [-0.3, -0.25) is 4.79 Å². The Morgan fingerprint density at radius 3 is 2.72 bits per heavy atom. The zero-order chi connectivity index (χ0) is 21.2. The molecule has 6 nitrogen and oxygen atoms in total. The van der Waals surface area contributed by atoms with Crippen molar-refractivity contribution >= 4 is 27.0 Å². The lowest BCUT2D eigenvalue weighted by Crippen LogP contribution is -2.15. The number of alkyl halides is 3. The molecule has 0 spiro atoms. The predicted molar refractivity (Wildman–Crippen MR) is 106 cm³/mol. The monoisotopic (exact) mass is 470 g/mol. The van der Waals surface area contributed by atoms with Gasteiger partial charge in [-0.1, -0.05) is 12.1 Å². The summed E-state index contributed by atoms with van der Waals surface area (Å²) >= 11 is 3.33. The molecule has 0 aliphatic rings. The fourth-order valence-electron chi connectivity index (χ4n) is 2.85. The molecule has 0 bridgehead atoms. The topological polar surface area (TPSA) is 93.9 Å². The molecule has 0 saturated heterocycles. The van der Waals surface area contributed by atoms with Gasteiger partial charge >= 0.3 is 6.18 Å². The number of nitrogens with one attached hydrogen (secondary N) is 1. The third-order valence-corrected chi connectivity index (χ3v) is 5.10. The summed E-state index contributed by atoms with van der Waals surface area (Å²) in [6.45, 7) is 1.72. The van der Waals surface area contributed by atoms with Gasteiger partial charge in [-0.2, -0.15) is 13.2 Å². The zero-order valence-corrected chi connectivity index (χ0v) is 17.0. The lowest BCUT2D eigenvalue weighted by atomic mass is 10.1. The van der Waals surface area contributed by atoms with E-state index in [1.165, 1.54) is 12.1 Å². The van der Waals surface area contributed by atoms with Gasteiger partial charge < -0.3 is 15.5 Å². The minimum absolute atomic E-state index is 0.00857. The van der Waals surface area contributed by atoms with Crippen molar-refractivity contribution in [2.24, 2.45) is 5.73 Å². The minimum Gasteiger partial charge on any atom is -0.493 e. The van der Waals surface area contributed by atoms with Crippen molar-refractivity contribution < 1.29 is 17.9 Å². The molecule has 0 aliphatic heterocycles. The van der Waals surface area contributed by atoms with E-state index >= 15 is 0 Å². The van der Waals surface area contributed by atoms with Crippen LogP contribution in [0.4, 0.5) is 13.2 Å². The van der Waals surface area contributed by atoms with E-state index in [1.54, 1.807) is 13.0 Å². The Morgan fingerprint density at radius 2 is 2.03 bits per heavy atom. The average molecular weight is 471 g/mol. The molecule has 0 fully saturated rings. The smallest absolute Gasteiger partial charge is 0.419 e. The van der Waals surface area contributed by atoms with E-state index in [1.807, 2.05) is 0 Å². The summed E-state index contributed by atoms with van der Waals surface area (Å²) in [5.41, 5.74) is 5.65. The molecule has 29 heavy (non-hydrogen) atoms. The van der Waals surface area contributed by atoms with Gasteiger partial charge in [0.05, 0.1) is 23.3 Å². The van der Waals surface area contributed by atoms with Gasteiger partial charge in [-0.05, 0) is 41.4 Å². The number of aromatic nitrogens is 3. The van der Waals surface area contributed by atoms with E-state index in [0.29, 0.717) is 39.9 Å². The molecular weight excluding hydrogens is 453 g/mol. The van der Waals surface area contributed by atoms with Gasteiger partial charge in [-0.25, -0.2) is 9.97 Å². The van der Waals surface area contributed by atoms with Crippen molar-refractivity contribution in [3.05, 3.63) is 61.7 Å². The Morgan fingerprint density at radius 1 is 1.28 bits per heavy atom. The number of benzene rings is 1. The first-order valence-corrected chi connectivity index (χ1v) is 9.58. The molecule has 0 amide bonds. The number of fused-ring (bicyclic) bond motifs is 1. The van der Waals surface area contributed by atoms with Crippen molar-refractivity contribution in [2.75, 3.05) is 6.61 Å². The molecule has 3 rings (SSSR count). The van der Waals surface area contributed by atoms with Crippen molar-refractivity contribution in [2.45, 2.75) is 32.5 Å². The maximum atomic E-state index is 13.2. The fraction of sp³-hybridized carbons (Fsp3) is 0.316. The second-order valence-electron chi connectivity index (χ2n) is 6.39. The number of ether oxygens (including phenoxy) is 1. The highest BCUT2D eigenvalue weighted by Crippen LogP contribution is 2.38. The zero-order valence-electron chi connectivity index (χ0n) is 15.4. The van der Waals surface area contributed by atoms with Crippen molar-refractivity contribution in [3.63, 3.8) is 0 Å². The van der Waals surface area contributed by atoms with Crippen LogP contribution in [-0.4, -0.2) is 21.6 Å². The van der Waals surface area contributed by atoms with E-state index in [4.69, 9.17) is 10.5 Å². The number of H-pyrrole nitrogens is 1. The number of nitrogens with zero attached hydrogens (tertiary/aromatic N) is 2. The Bertz CT molecular complexity index is 1100. The van der Waals surface area contributed by atoms with Crippen molar-refractivity contribution in [1.29, 1.82) is 0 Å². The van der Waals surface area contributed by atoms with Crippen LogP contribution in [0.1, 0.15) is 29.1 Å². The third kappa shape index (κ3) is 4.76. The van der Waals surface area contributed by atoms with E-state index in [-0.39, 0.29) is 30.0 Å². The fourth-order valence-corrected chi connectivity index (χ4v) is 3.16. The number of aromatic amines is 1. The van der Waals surface area contributed by atoms with Gasteiger partial charge in [0.25, 0.3) is 5.56 Å². The first-order chi connectivity index (χ1) is 13.7. The first-order valence-electron chi connectivity index (χ1n) is 8.78. The minimum atomic E-state index is -4.54. The summed E-state index contributed by atoms with van der Waals surface area (Å²) in [6.07, 6.45) is -3.88. The molecule has 0 atom stereocenters. The van der Waals surface area contributed by atoms with E-state index in [0.717, 1.165) is 6.07 Å². The molecule has 0 aliphatic carbocycles. The Balaban J connectivity index is 1.73. The van der Waals surface area contributed by atoms with Crippen LogP contribution in [-0.2, 0) is 19.1 Å². The van der Waals surface area contributed by atoms with Crippen LogP contribution < -0.4 is 16.0 Å². The van der Waals surface area contributed by atoms with Crippen LogP contribution in [0.5, 0.6) is 5.75 Å².